The van der Waals surface area contributed by atoms with Crippen LogP contribution in [0.2, 0.25) is 5.02 Å². The first kappa shape index (κ1) is 20.5. The highest BCUT2D eigenvalue weighted by atomic mass is 35.5. The van der Waals surface area contributed by atoms with Crippen molar-refractivity contribution < 1.29 is 13.2 Å². The van der Waals surface area contributed by atoms with Crippen molar-refractivity contribution in [3.8, 4) is 0 Å². The molecule has 1 aliphatic heterocycles. The van der Waals surface area contributed by atoms with Gasteiger partial charge in [-0.2, -0.15) is 0 Å². The Kier molecular flexibility index (Phi) is 5.07. The third-order valence-electron chi connectivity index (χ3n) is 5.48. The molecule has 0 atom stereocenters. The predicted octanol–water partition coefficient (Wildman–Crippen LogP) is 3.50. The summed E-state index contributed by atoms with van der Waals surface area (Å²) in [7, 11) is -3.80. The van der Waals surface area contributed by atoms with Crippen LogP contribution in [0.3, 0.4) is 0 Å². The molecular formula is C22H18ClN5O3S. The highest BCUT2D eigenvalue weighted by Gasteiger charge is 2.26. The van der Waals surface area contributed by atoms with E-state index in [-0.39, 0.29) is 23.0 Å². The van der Waals surface area contributed by atoms with E-state index in [9.17, 15) is 13.2 Å². The average Bonchev–Trinajstić information content (AvgIpc) is 3.39. The number of aromatic nitrogens is 3. The number of amides is 1. The van der Waals surface area contributed by atoms with Crippen LogP contribution in [-0.2, 0) is 34.3 Å². The molecule has 0 radical (unpaired) electrons. The van der Waals surface area contributed by atoms with Crippen molar-refractivity contribution in [2.75, 3.05) is 4.72 Å². The van der Waals surface area contributed by atoms with Crippen LogP contribution in [0.5, 0.6) is 0 Å². The maximum atomic E-state index is 13.0. The highest BCUT2D eigenvalue weighted by molar-refractivity contribution is 7.92. The zero-order valence-corrected chi connectivity index (χ0v) is 18.3. The first-order valence-corrected chi connectivity index (χ1v) is 11.7. The minimum atomic E-state index is -3.80. The summed E-state index contributed by atoms with van der Waals surface area (Å²) in [4.78, 5) is 25.6. The lowest BCUT2D eigenvalue weighted by Crippen LogP contribution is -2.26. The molecule has 1 aliphatic rings. The van der Waals surface area contributed by atoms with Crippen LogP contribution in [0, 0.1) is 0 Å². The molecule has 0 unspecified atom stereocenters. The van der Waals surface area contributed by atoms with E-state index in [0.717, 1.165) is 27.6 Å². The Morgan fingerprint density at radius 3 is 2.81 bits per heavy atom. The Balaban J connectivity index is 1.32. The number of rotatable bonds is 5. The van der Waals surface area contributed by atoms with E-state index >= 15 is 0 Å². The summed E-state index contributed by atoms with van der Waals surface area (Å²) in [5.41, 5.74) is 3.43. The van der Waals surface area contributed by atoms with Crippen molar-refractivity contribution in [1.29, 1.82) is 0 Å². The number of H-pyrrole nitrogens is 1. The monoisotopic (exact) mass is 467 g/mol. The van der Waals surface area contributed by atoms with E-state index in [2.05, 4.69) is 19.7 Å². The number of hydrogen-bond donors (Lipinski definition) is 2. The van der Waals surface area contributed by atoms with Crippen LogP contribution in [-0.4, -0.2) is 34.2 Å². The van der Waals surface area contributed by atoms with Crippen molar-refractivity contribution >= 4 is 44.3 Å². The molecule has 2 aromatic carbocycles. The molecule has 0 saturated carbocycles. The summed E-state index contributed by atoms with van der Waals surface area (Å²) in [6.45, 7) is 0.797. The van der Waals surface area contributed by atoms with Gasteiger partial charge >= 0.3 is 0 Å². The quantitative estimate of drug-likeness (QED) is 0.467. The molecule has 0 bridgehead atoms. The molecule has 162 valence electrons. The minimum absolute atomic E-state index is 0.0365. The second-order valence-electron chi connectivity index (χ2n) is 7.53. The fraction of sp³-hybridized carbons (Fsp3) is 0.136. The molecule has 0 spiro atoms. The fourth-order valence-corrected chi connectivity index (χ4v) is 5.15. The summed E-state index contributed by atoms with van der Waals surface area (Å²) in [5, 5.41) is 1.53. The van der Waals surface area contributed by atoms with E-state index < -0.39 is 10.0 Å². The van der Waals surface area contributed by atoms with Crippen molar-refractivity contribution in [2.24, 2.45) is 0 Å². The minimum Gasteiger partial charge on any atom is -0.360 e. The number of halogens is 1. The van der Waals surface area contributed by atoms with Crippen LogP contribution in [0.15, 0.2) is 66.1 Å². The summed E-state index contributed by atoms with van der Waals surface area (Å²) >= 11 is 6.21. The topological polar surface area (TPSA) is 108 Å². The van der Waals surface area contributed by atoms with Crippen molar-refractivity contribution in [3.05, 3.63) is 82.9 Å². The number of fused-ring (bicyclic) bond motifs is 2. The zero-order chi connectivity index (χ0) is 22.3. The standard InChI is InChI=1S/C22H18ClN5O3S/c23-19-3-1-2-18-15(10-25-22(18)19)9-21(29)28-11-14-4-5-17(8-16(14)12-28)32(30,31)27-20-6-7-24-13-26-20/h1-8,10,13,25H,9,11-12H2,(H,24,26,27). The van der Waals surface area contributed by atoms with Gasteiger partial charge in [0.1, 0.15) is 12.1 Å². The summed E-state index contributed by atoms with van der Waals surface area (Å²) in [6, 6.07) is 12.0. The second-order valence-corrected chi connectivity index (χ2v) is 9.62. The van der Waals surface area contributed by atoms with E-state index in [4.69, 9.17) is 11.6 Å². The van der Waals surface area contributed by atoms with E-state index in [0.29, 0.717) is 18.1 Å². The molecule has 2 aromatic heterocycles. The Bertz CT molecular complexity index is 1440. The molecular weight excluding hydrogens is 450 g/mol. The normalized spacial score (nSPS) is 13.3. The Labute approximate surface area is 189 Å². The van der Waals surface area contributed by atoms with Crippen LogP contribution < -0.4 is 4.72 Å². The summed E-state index contributed by atoms with van der Waals surface area (Å²) in [6.07, 6.45) is 4.76. The van der Waals surface area contributed by atoms with Crippen molar-refractivity contribution in [2.45, 2.75) is 24.4 Å². The number of carbonyl (C=O) groups is 1. The van der Waals surface area contributed by atoms with Crippen LogP contribution >= 0.6 is 11.6 Å². The molecule has 0 fully saturated rings. The van der Waals surface area contributed by atoms with Gasteiger partial charge in [-0.1, -0.05) is 29.8 Å². The summed E-state index contributed by atoms with van der Waals surface area (Å²) < 4.78 is 27.9. The fourth-order valence-electron chi connectivity index (χ4n) is 3.86. The third-order valence-corrected chi connectivity index (χ3v) is 7.14. The predicted molar refractivity (Wildman–Crippen MR) is 121 cm³/mol. The van der Waals surface area contributed by atoms with Gasteiger partial charge in [0.2, 0.25) is 5.91 Å². The molecule has 0 saturated heterocycles. The molecule has 8 nitrogen and oxygen atoms in total. The van der Waals surface area contributed by atoms with Gasteiger partial charge in [0.05, 0.1) is 21.9 Å². The number of aromatic amines is 1. The molecule has 2 N–H and O–H groups in total. The third kappa shape index (κ3) is 3.80. The SMILES string of the molecule is O=C(Cc1c[nH]c2c(Cl)cccc12)N1Cc2ccc(S(=O)(=O)Nc3ccncn3)cc2C1. The van der Waals surface area contributed by atoms with E-state index in [1.165, 1.54) is 24.7 Å². The summed E-state index contributed by atoms with van der Waals surface area (Å²) in [5.74, 6) is 0.154. The lowest BCUT2D eigenvalue weighted by molar-refractivity contribution is -0.131. The smallest absolute Gasteiger partial charge is 0.263 e. The van der Waals surface area contributed by atoms with Gasteiger partial charge in [-0.15, -0.1) is 0 Å². The number of para-hydroxylation sites is 1. The molecule has 10 heteroatoms. The molecule has 5 rings (SSSR count). The van der Waals surface area contributed by atoms with Crippen molar-refractivity contribution in [3.63, 3.8) is 0 Å². The molecule has 3 heterocycles. The van der Waals surface area contributed by atoms with Gasteiger partial charge in [0, 0.05) is 30.9 Å². The highest BCUT2D eigenvalue weighted by Crippen LogP contribution is 2.29. The Morgan fingerprint density at radius 2 is 2.00 bits per heavy atom. The lowest BCUT2D eigenvalue weighted by Gasteiger charge is -2.15. The first-order chi connectivity index (χ1) is 15.4. The first-order valence-electron chi connectivity index (χ1n) is 9.83. The maximum Gasteiger partial charge on any atom is 0.263 e. The van der Waals surface area contributed by atoms with Crippen molar-refractivity contribution in [1.82, 2.24) is 19.9 Å². The van der Waals surface area contributed by atoms with Gasteiger partial charge in [0.25, 0.3) is 10.0 Å². The number of nitrogens with zero attached hydrogens (tertiary/aromatic N) is 3. The number of nitrogens with one attached hydrogen (secondary N) is 2. The largest absolute Gasteiger partial charge is 0.360 e. The Hall–Kier alpha value is -3.43. The molecule has 4 aromatic rings. The van der Waals surface area contributed by atoms with Crippen LogP contribution in [0.4, 0.5) is 5.82 Å². The number of hydrogen-bond acceptors (Lipinski definition) is 5. The van der Waals surface area contributed by atoms with Gasteiger partial charge in [-0.25, -0.2) is 18.4 Å². The number of benzene rings is 2. The van der Waals surface area contributed by atoms with Crippen LogP contribution in [0.1, 0.15) is 16.7 Å². The van der Waals surface area contributed by atoms with Gasteiger partial charge in [-0.05, 0) is 41.0 Å². The van der Waals surface area contributed by atoms with Gasteiger partial charge in [-0.3, -0.25) is 9.52 Å². The van der Waals surface area contributed by atoms with Gasteiger partial charge < -0.3 is 9.88 Å². The molecule has 0 aliphatic carbocycles. The second kappa shape index (κ2) is 7.92. The molecule has 1 amide bonds. The maximum absolute atomic E-state index is 13.0. The lowest BCUT2D eigenvalue weighted by atomic mass is 10.1. The van der Waals surface area contributed by atoms with Gasteiger partial charge in [0.15, 0.2) is 0 Å². The average molecular weight is 468 g/mol. The van der Waals surface area contributed by atoms with Crippen LogP contribution in [0.25, 0.3) is 10.9 Å². The number of anilines is 1. The molecule has 32 heavy (non-hydrogen) atoms. The number of sulfonamides is 1. The number of carbonyl (C=O) groups excluding carboxylic acids is 1. The van der Waals surface area contributed by atoms with E-state index in [1.54, 1.807) is 29.3 Å². The Morgan fingerprint density at radius 1 is 1.16 bits per heavy atom. The zero-order valence-electron chi connectivity index (χ0n) is 16.7. The van der Waals surface area contributed by atoms with E-state index in [1.807, 2.05) is 12.1 Å².